The first-order valence-electron chi connectivity index (χ1n) is 5.49. The highest BCUT2D eigenvalue weighted by Gasteiger charge is 2.25. The average molecular weight is 263 g/mol. The molecule has 1 rings (SSSR count). The Hall–Kier alpha value is -1.59. The summed E-state index contributed by atoms with van der Waals surface area (Å²) in [6.07, 6.45) is -4.87. The standard InChI is InChI=1S/C12H16F3NO2/c1-17-9-4-5-10(11(8-9)18-2)16-7-3-6-12(13,14)15/h4-5,8,16H,3,6-7H2,1-2H3. The van der Waals surface area contributed by atoms with Crippen LogP contribution in [-0.4, -0.2) is 26.9 Å². The fourth-order valence-corrected chi connectivity index (χ4v) is 1.46. The van der Waals surface area contributed by atoms with E-state index < -0.39 is 12.6 Å². The average Bonchev–Trinajstić information content (AvgIpc) is 2.33. The van der Waals surface area contributed by atoms with Crippen LogP contribution in [0, 0.1) is 0 Å². The molecule has 18 heavy (non-hydrogen) atoms. The van der Waals surface area contributed by atoms with E-state index in [1.54, 1.807) is 18.2 Å². The third-order valence-corrected chi connectivity index (χ3v) is 2.36. The van der Waals surface area contributed by atoms with Gasteiger partial charge in [-0.3, -0.25) is 0 Å². The molecule has 3 nitrogen and oxygen atoms in total. The van der Waals surface area contributed by atoms with Crippen LogP contribution in [0.1, 0.15) is 12.8 Å². The summed E-state index contributed by atoms with van der Waals surface area (Å²) in [7, 11) is 3.03. The Balaban J connectivity index is 2.51. The minimum Gasteiger partial charge on any atom is -0.497 e. The van der Waals surface area contributed by atoms with Gasteiger partial charge in [-0.1, -0.05) is 0 Å². The minimum absolute atomic E-state index is 0.0265. The molecular weight excluding hydrogens is 247 g/mol. The summed E-state index contributed by atoms with van der Waals surface area (Å²) in [6.45, 7) is 0.238. The second kappa shape index (κ2) is 6.37. The van der Waals surface area contributed by atoms with Crippen LogP contribution >= 0.6 is 0 Å². The molecular formula is C12H16F3NO2. The van der Waals surface area contributed by atoms with E-state index in [1.165, 1.54) is 14.2 Å². The van der Waals surface area contributed by atoms with E-state index in [0.717, 1.165) is 0 Å². The van der Waals surface area contributed by atoms with Gasteiger partial charge in [0.1, 0.15) is 11.5 Å². The first-order valence-corrected chi connectivity index (χ1v) is 5.49. The van der Waals surface area contributed by atoms with Crippen LogP contribution in [0.4, 0.5) is 18.9 Å². The molecule has 0 heterocycles. The third kappa shape index (κ3) is 4.73. The number of benzene rings is 1. The molecule has 1 aromatic carbocycles. The molecule has 1 aromatic rings. The Morgan fingerprint density at radius 2 is 1.89 bits per heavy atom. The summed E-state index contributed by atoms with van der Waals surface area (Å²) in [5, 5.41) is 2.91. The fourth-order valence-electron chi connectivity index (χ4n) is 1.46. The van der Waals surface area contributed by atoms with E-state index in [2.05, 4.69) is 5.32 Å². The molecule has 1 N–H and O–H groups in total. The molecule has 0 atom stereocenters. The number of halogens is 3. The van der Waals surface area contributed by atoms with Gasteiger partial charge in [-0.2, -0.15) is 13.2 Å². The molecule has 0 amide bonds. The van der Waals surface area contributed by atoms with Crippen molar-refractivity contribution < 1.29 is 22.6 Å². The highest BCUT2D eigenvalue weighted by molar-refractivity contribution is 5.59. The maximum absolute atomic E-state index is 12.0. The monoisotopic (exact) mass is 263 g/mol. The zero-order chi connectivity index (χ0) is 13.6. The summed E-state index contributed by atoms with van der Waals surface area (Å²) in [5.74, 6) is 1.18. The number of ether oxygens (including phenoxy) is 2. The van der Waals surface area contributed by atoms with E-state index in [-0.39, 0.29) is 13.0 Å². The van der Waals surface area contributed by atoms with Gasteiger partial charge in [0.25, 0.3) is 0 Å². The van der Waals surface area contributed by atoms with Crippen molar-refractivity contribution in [2.75, 3.05) is 26.1 Å². The Labute approximate surface area is 104 Å². The van der Waals surface area contributed by atoms with Gasteiger partial charge in [-0.05, 0) is 18.6 Å². The van der Waals surface area contributed by atoms with Crippen molar-refractivity contribution in [3.8, 4) is 11.5 Å². The molecule has 0 spiro atoms. The van der Waals surface area contributed by atoms with Crippen LogP contribution in [0.5, 0.6) is 11.5 Å². The van der Waals surface area contributed by atoms with Gasteiger partial charge < -0.3 is 14.8 Å². The largest absolute Gasteiger partial charge is 0.497 e. The lowest BCUT2D eigenvalue weighted by atomic mass is 10.2. The topological polar surface area (TPSA) is 30.5 Å². The highest BCUT2D eigenvalue weighted by Crippen LogP contribution is 2.29. The lowest BCUT2D eigenvalue weighted by molar-refractivity contribution is -0.134. The van der Waals surface area contributed by atoms with E-state index in [0.29, 0.717) is 17.2 Å². The van der Waals surface area contributed by atoms with Crippen molar-refractivity contribution >= 4 is 5.69 Å². The molecule has 0 radical (unpaired) electrons. The molecule has 0 fully saturated rings. The second-order valence-corrected chi connectivity index (χ2v) is 3.71. The van der Waals surface area contributed by atoms with E-state index in [9.17, 15) is 13.2 Å². The van der Waals surface area contributed by atoms with Gasteiger partial charge in [-0.25, -0.2) is 0 Å². The molecule has 0 saturated carbocycles. The van der Waals surface area contributed by atoms with Gasteiger partial charge in [0, 0.05) is 19.0 Å². The molecule has 0 aliphatic rings. The lowest BCUT2D eigenvalue weighted by Gasteiger charge is -2.12. The Kier molecular flexibility index (Phi) is 5.12. The molecule has 0 unspecified atom stereocenters. The van der Waals surface area contributed by atoms with Crippen molar-refractivity contribution in [1.82, 2.24) is 0 Å². The number of rotatable bonds is 6. The van der Waals surface area contributed by atoms with Crippen LogP contribution in [0.2, 0.25) is 0 Å². The molecule has 102 valence electrons. The van der Waals surface area contributed by atoms with Crippen molar-refractivity contribution in [2.24, 2.45) is 0 Å². The Morgan fingerprint density at radius 1 is 1.17 bits per heavy atom. The number of methoxy groups -OCH3 is 2. The molecule has 0 aliphatic heterocycles. The van der Waals surface area contributed by atoms with Crippen LogP contribution in [0.3, 0.4) is 0 Å². The lowest BCUT2D eigenvalue weighted by Crippen LogP contribution is -2.11. The number of alkyl halides is 3. The van der Waals surface area contributed by atoms with Crippen LogP contribution < -0.4 is 14.8 Å². The maximum Gasteiger partial charge on any atom is 0.389 e. The maximum atomic E-state index is 12.0. The fraction of sp³-hybridized carbons (Fsp3) is 0.500. The third-order valence-electron chi connectivity index (χ3n) is 2.36. The number of hydrogen-bond donors (Lipinski definition) is 1. The van der Waals surface area contributed by atoms with Gasteiger partial charge in [0.05, 0.1) is 19.9 Å². The molecule has 0 aliphatic carbocycles. The smallest absolute Gasteiger partial charge is 0.389 e. The van der Waals surface area contributed by atoms with E-state index >= 15 is 0 Å². The molecule has 0 saturated heterocycles. The predicted octanol–water partition coefficient (Wildman–Crippen LogP) is 3.46. The summed E-state index contributed by atoms with van der Waals surface area (Å²) in [6, 6.07) is 5.10. The van der Waals surface area contributed by atoms with Crippen molar-refractivity contribution in [3.05, 3.63) is 18.2 Å². The number of anilines is 1. The summed E-state index contributed by atoms with van der Waals surface area (Å²) < 4.78 is 46.0. The zero-order valence-electron chi connectivity index (χ0n) is 10.3. The number of nitrogens with one attached hydrogen (secondary N) is 1. The van der Waals surface area contributed by atoms with Crippen LogP contribution in [-0.2, 0) is 0 Å². The number of hydrogen-bond acceptors (Lipinski definition) is 3. The predicted molar refractivity (Wildman–Crippen MR) is 63.3 cm³/mol. The van der Waals surface area contributed by atoms with Crippen LogP contribution in [0.25, 0.3) is 0 Å². The first-order chi connectivity index (χ1) is 8.46. The SMILES string of the molecule is COc1ccc(NCCCC(F)(F)F)c(OC)c1. The first kappa shape index (κ1) is 14.5. The molecule has 0 aromatic heterocycles. The zero-order valence-corrected chi connectivity index (χ0v) is 10.3. The van der Waals surface area contributed by atoms with Crippen LogP contribution in [0.15, 0.2) is 18.2 Å². The van der Waals surface area contributed by atoms with Crippen molar-refractivity contribution in [3.63, 3.8) is 0 Å². The Morgan fingerprint density at radius 3 is 2.44 bits per heavy atom. The second-order valence-electron chi connectivity index (χ2n) is 3.71. The Bertz CT molecular complexity index is 380. The van der Waals surface area contributed by atoms with Gasteiger partial charge in [-0.15, -0.1) is 0 Å². The summed E-state index contributed by atoms with van der Waals surface area (Å²) in [4.78, 5) is 0. The van der Waals surface area contributed by atoms with Crippen molar-refractivity contribution in [1.29, 1.82) is 0 Å². The van der Waals surface area contributed by atoms with E-state index in [1.807, 2.05) is 0 Å². The van der Waals surface area contributed by atoms with Gasteiger partial charge >= 0.3 is 6.18 Å². The highest BCUT2D eigenvalue weighted by atomic mass is 19.4. The molecule has 0 bridgehead atoms. The summed E-state index contributed by atoms with van der Waals surface area (Å²) in [5.41, 5.74) is 0.653. The normalized spacial score (nSPS) is 11.2. The van der Waals surface area contributed by atoms with Gasteiger partial charge in [0.15, 0.2) is 0 Å². The van der Waals surface area contributed by atoms with E-state index in [4.69, 9.17) is 9.47 Å². The minimum atomic E-state index is -4.11. The van der Waals surface area contributed by atoms with Crippen molar-refractivity contribution in [2.45, 2.75) is 19.0 Å². The summed E-state index contributed by atoms with van der Waals surface area (Å²) >= 11 is 0. The quantitative estimate of drug-likeness (QED) is 0.797. The van der Waals surface area contributed by atoms with Gasteiger partial charge in [0.2, 0.25) is 0 Å². The molecule has 6 heteroatoms.